The molecule has 0 aliphatic heterocycles. The van der Waals surface area contributed by atoms with Crippen molar-refractivity contribution in [2.45, 2.75) is 149 Å². The third-order valence-electron chi connectivity index (χ3n) is 12.3. The van der Waals surface area contributed by atoms with E-state index in [-0.39, 0.29) is 6.61 Å². The second-order valence-corrected chi connectivity index (χ2v) is 19.0. The van der Waals surface area contributed by atoms with Crippen LogP contribution in [0.5, 0.6) is 23.0 Å². The second kappa shape index (κ2) is 31.3. The summed E-state index contributed by atoms with van der Waals surface area (Å²) in [5.74, 6) is 0.837. The van der Waals surface area contributed by atoms with Gasteiger partial charge in [-0.05, 0) is 121 Å². The van der Waals surface area contributed by atoms with Gasteiger partial charge in [0.25, 0.3) is 0 Å². The highest BCUT2D eigenvalue weighted by Crippen LogP contribution is 2.39. The topological polar surface area (TPSA) is 97.4 Å². The predicted molar refractivity (Wildman–Crippen MR) is 287 cm³/mol. The van der Waals surface area contributed by atoms with Crippen LogP contribution < -0.4 is 18.9 Å². The Morgan fingerprint density at radius 1 is 0.414 bits per heavy atom. The Bertz CT molecular complexity index is 2190. The fourth-order valence-electron chi connectivity index (χ4n) is 8.14. The van der Waals surface area contributed by atoms with Crippen molar-refractivity contribution in [2.75, 3.05) is 19.8 Å². The molecule has 0 bridgehead atoms. The summed E-state index contributed by atoms with van der Waals surface area (Å²) in [4.78, 5) is 40.3. The van der Waals surface area contributed by atoms with Gasteiger partial charge in [0.1, 0.15) is 27.9 Å². The first-order valence-corrected chi connectivity index (χ1v) is 26.8. The summed E-state index contributed by atoms with van der Waals surface area (Å²) >= 11 is 1.27. The Hall–Kier alpha value is -5.93. The molecule has 70 heavy (non-hydrogen) atoms. The molecular weight excluding hydrogens is 893 g/mol. The Morgan fingerprint density at radius 2 is 0.757 bits per heavy atom. The minimum absolute atomic E-state index is 0.235. The van der Waals surface area contributed by atoms with Gasteiger partial charge in [-0.25, -0.2) is 14.4 Å². The van der Waals surface area contributed by atoms with E-state index < -0.39 is 17.9 Å². The minimum atomic E-state index is -0.474. The summed E-state index contributed by atoms with van der Waals surface area (Å²) in [6, 6.07) is 30.0. The maximum absolute atomic E-state index is 13.1. The SMILES string of the molecule is C=C(c1ccc(OC(=O)c2ccc(OCCCCCCCCCCCC)cc2)cc1)c1cc(C(=O)OCC)sc1C(=C)c1ccc(OC(=O)c2ccc(OCCCCCCCCCCCC)cc2)cc1. The zero-order chi connectivity index (χ0) is 49.8. The number of hydrogen-bond donors (Lipinski definition) is 0. The molecule has 0 aliphatic rings. The maximum atomic E-state index is 13.1. The summed E-state index contributed by atoms with van der Waals surface area (Å²) in [6.07, 6.45) is 25.4. The lowest BCUT2D eigenvalue weighted by Gasteiger charge is -2.12. The smallest absolute Gasteiger partial charge is 0.348 e. The molecule has 5 rings (SSSR count). The van der Waals surface area contributed by atoms with Crippen molar-refractivity contribution >= 4 is 40.4 Å². The van der Waals surface area contributed by atoms with Crippen LogP contribution in [-0.4, -0.2) is 37.7 Å². The lowest BCUT2D eigenvalue weighted by atomic mass is 9.95. The number of hydrogen-bond acceptors (Lipinski definition) is 9. The largest absolute Gasteiger partial charge is 0.494 e. The summed E-state index contributed by atoms with van der Waals surface area (Å²) < 4.78 is 28.6. The molecule has 0 aliphatic carbocycles. The van der Waals surface area contributed by atoms with Gasteiger partial charge in [-0.2, -0.15) is 0 Å². The Labute approximate surface area is 422 Å². The summed E-state index contributed by atoms with van der Waals surface area (Å²) in [5, 5.41) is 0. The predicted octanol–water partition coefficient (Wildman–Crippen LogP) is 17.1. The summed E-state index contributed by atoms with van der Waals surface area (Å²) in [6.45, 7) is 16.6. The Morgan fingerprint density at radius 3 is 1.14 bits per heavy atom. The van der Waals surface area contributed by atoms with Crippen LogP contribution in [0, 0.1) is 0 Å². The highest BCUT2D eigenvalue weighted by atomic mass is 32.1. The standard InChI is InChI=1S/C61H76O8S/c1-6-9-11-13-15-17-19-21-23-25-43-66-52-35-31-50(32-36-52)59(62)68-54-39-27-48(28-40-54)46(4)56-45-57(61(64)65-8-3)70-58(56)47(5)49-29-41-55(42-30-49)69-60(63)51-33-37-53(38-34-51)67-44-26-24-22-20-18-16-14-12-10-7-2/h27-42,45H,4-26,43-44H2,1-3H3. The van der Waals surface area contributed by atoms with E-state index in [1.165, 1.54) is 114 Å². The van der Waals surface area contributed by atoms with Gasteiger partial charge < -0.3 is 23.7 Å². The third-order valence-corrected chi connectivity index (χ3v) is 13.5. The molecule has 0 atom stereocenters. The monoisotopic (exact) mass is 969 g/mol. The molecule has 0 amide bonds. The molecule has 0 unspecified atom stereocenters. The number of unbranched alkanes of at least 4 members (excludes halogenated alkanes) is 18. The fourth-order valence-corrected chi connectivity index (χ4v) is 9.21. The van der Waals surface area contributed by atoms with Crippen molar-refractivity contribution < 1.29 is 38.1 Å². The quantitative estimate of drug-likeness (QED) is 0.0228. The van der Waals surface area contributed by atoms with Gasteiger partial charge in [-0.1, -0.05) is 167 Å². The van der Waals surface area contributed by atoms with Gasteiger partial charge in [-0.3, -0.25) is 0 Å². The number of esters is 3. The molecule has 8 nitrogen and oxygen atoms in total. The van der Waals surface area contributed by atoms with Crippen LogP contribution in [-0.2, 0) is 4.74 Å². The molecule has 0 N–H and O–H groups in total. The lowest BCUT2D eigenvalue weighted by molar-refractivity contribution is 0.0531. The van der Waals surface area contributed by atoms with Crippen LogP contribution in [0.15, 0.2) is 116 Å². The van der Waals surface area contributed by atoms with Crippen molar-refractivity contribution in [1.82, 2.24) is 0 Å². The molecule has 0 fully saturated rings. The average molecular weight is 969 g/mol. The first-order chi connectivity index (χ1) is 34.2. The zero-order valence-corrected chi connectivity index (χ0v) is 43.0. The summed E-state index contributed by atoms with van der Waals surface area (Å²) in [7, 11) is 0. The number of carbonyl (C=O) groups is 3. The number of benzene rings is 4. The van der Waals surface area contributed by atoms with Crippen LogP contribution >= 0.6 is 11.3 Å². The van der Waals surface area contributed by atoms with E-state index in [4.69, 9.17) is 23.7 Å². The third kappa shape index (κ3) is 18.8. The zero-order valence-electron chi connectivity index (χ0n) is 42.2. The van der Waals surface area contributed by atoms with Crippen molar-refractivity contribution in [2.24, 2.45) is 0 Å². The summed E-state index contributed by atoms with van der Waals surface area (Å²) in [5.41, 5.74) is 4.39. The molecule has 1 aromatic heterocycles. The van der Waals surface area contributed by atoms with Crippen LogP contribution in [0.4, 0.5) is 0 Å². The Balaban J connectivity index is 1.10. The van der Waals surface area contributed by atoms with Crippen LogP contribution in [0.25, 0.3) is 11.1 Å². The first kappa shape index (κ1) is 55.0. The highest BCUT2D eigenvalue weighted by Gasteiger charge is 2.21. The van der Waals surface area contributed by atoms with Gasteiger partial charge in [0, 0.05) is 10.4 Å². The van der Waals surface area contributed by atoms with E-state index in [0.717, 1.165) is 53.2 Å². The van der Waals surface area contributed by atoms with E-state index in [2.05, 4.69) is 27.0 Å². The number of rotatable bonds is 34. The van der Waals surface area contributed by atoms with E-state index in [0.29, 0.717) is 57.4 Å². The van der Waals surface area contributed by atoms with Gasteiger partial charge in [0.05, 0.1) is 30.9 Å². The molecule has 0 radical (unpaired) electrons. The van der Waals surface area contributed by atoms with Crippen LogP contribution in [0.2, 0.25) is 0 Å². The van der Waals surface area contributed by atoms with E-state index in [1.807, 2.05) is 24.3 Å². The number of carbonyl (C=O) groups excluding carboxylic acids is 3. The number of thiophene rings is 1. The molecule has 5 aromatic rings. The number of ether oxygens (including phenoxy) is 5. The van der Waals surface area contributed by atoms with Gasteiger partial charge >= 0.3 is 17.9 Å². The molecule has 4 aromatic carbocycles. The highest BCUT2D eigenvalue weighted by molar-refractivity contribution is 7.15. The molecule has 374 valence electrons. The van der Waals surface area contributed by atoms with Gasteiger partial charge in [0.2, 0.25) is 0 Å². The molecule has 0 saturated carbocycles. The molecule has 9 heteroatoms. The second-order valence-electron chi connectivity index (χ2n) is 18.0. The van der Waals surface area contributed by atoms with Crippen molar-refractivity contribution in [3.63, 3.8) is 0 Å². The molecule has 0 saturated heterocycles. The van der Waals surface area contributed by atoms with Crippen molar-refractivity contribution in [3.05, 3.63) is 154 Å². The first-order valence-electron chi connectivity index (χ1n) is 26.0. The van der Waals surface area contributed by atoms with Gasteiger partial charge in [-0.15, -0.1) is 11.3 Å². The molecule has 1 heterocycles. The normalized spacial score (nSPS) is 11.0. The lowest BCUT2D eigenvalue weighted by Crippen LogP contribution is -2.08. The molecular formula is C61H76O8S. The van der Waals surface area contributed by atoms with Crippen LogP contribution in [0.3, 0.4) is 0 Å². The van der Waals surface area contributed by atoms with Crippen molar-refractivity contribution in [3.8, 4) is 23.0 Å². The van der Waals surface area contributed by atoms with Gasteiger partial charge in [0.15, 0.2) is 0 Å². The van der Waals surface area contributed by atoms with E-state index in [1.54, 1.807) is 85.8 Å². The molecule has 0 spiro atoms. The van der Waals surface area contributed by atoms with E-state index in [9.17, 15) is 14.4 Å². The fraction of sp³-hybridized carbons (Fsp3) is 0.426. The average Bonchev–Trinajstić information content (AvgIpc) is 3.84. The maximum Gasteiger partial charge on any atom is 0.348 e. The van der Waals surface area contributed by atoms with Crippen LogP contribution in [0.1, 0.15) is 201 Å². The van der Waals surface area contributed by atoms with E-state index >= 15 is 0 Å². The minimum Gasteiger partial charge on any atom is -0.494 e. The van der Waals surface area contributed by atoms with Crippen molar-refractivity contribution in [1.29, 1.82) is 0 Å². The Kier molecular flexibility index (Phi) is 24.6.